The molecule has 1 heterocycles. The molecule has 2 rings (SSSR count). The lowest BCUT2D eigenvalue weighted by Gasteiger charge is -2.23. The maximum absolute atomic E-state index is 3.60. The topological polar surface area (TPSA) is 15.3 Å². The molecule has 0 radical (unpaired) electrons. The van der Waals surface area contributed by atoms with Crippen molar-refractivity contribution in [1.82, 2.24) is 10.2 Å². The highest BCUT2D eigenvalue weighted by Gasteiger charge is 2.34. The maximum atomic E-state index is 3.60. The molecule has 0 aromatic heterocycles. The minimum atomic E-state index is 0.744. The second-order valence-corrected chi connectivity index (χ2v) is 5.52. The minimum Gasteiger partial charge on any atom is -0.312 e. The quantitative estimate of drug-likeness (QED) is 0.734. The molecule has 1 saturated carbocycles. The zero-order valence-electron chi connectivity index (χ0n) is 9.79. The van der Waals surface area contributed by atoms with E-state index in [1.54, 1.807) is 0 Å². The van der Waals surface area contributed by atoms with E-state index >= 15 is 0 Å². The molecule has 82 valence electrons. The molecule has 2 heteroatoms. The summed E-state index contributed by atoms with van der Waals surface area (Å²) >= 11 is 0. The normalized spacial score (nSPS) is 42.0. The van der Waals surface area contributed by atoms with Gasteiger partial charge in [0.1, 0.15) is 0 Å². The molecule has 0 amide bonds. The van der Waals surface area contributed by atoms with E-state index in [4.69, 9.17) is 0 Å². The molecular weight excluding hydrogens is 172 g/mol. The van der Waals surface area contributed by atoms with Gasteiger partial charge in [-0.2, -0.15) is 0 Å². The Bertz CT molecular complexity index is 193. The highest BCUT2D eigenvalue weighted by Crippen LogP contribution is 2.38. The molecular formula is C12H24N2. The van der Waals surface area contributed by atoms with Crippen molar-refractivity contribution in [2.24, 2.45) is 17.8 Å². The molecule has 1 N–H and O–H groups in total. The summed E-state index contributed by atoms with van der Waals surface area (Å²) in [5, 5.41) is 3.60. The molecule has 0 aromatic rings. The van der Waals surface area contributed by atoms with E-state index in [1.807, 2.05) is 0 Å². The summed E-state index contributed by atoms with van der Waals surface area (Å²) < 4.78 is 0. The third-order valence-corrected chi connectivity index (χ3v) is 4.02. The minimum absolute atomic E-state index is 0.744. The average molecular weight is 196 g/mol. The molecule has 1 aliphatic carbocycles. The third-order valence-electron chi connectivity index (χ3n) is 4.02. The van der Waals surface area contributed by atoms with E-state index in [9.17, 15) is 0 Å². The first-order valence-electron chi connectivity index (χ1n) is 6.08. The predicted molar refractivity (Wildman–Crippen MR) is 60.3 cm³/mol. The van der Waals surface area contributed by atoms with Gasteiger partial charge in [-0.1, -0.05) is 13.8 Å². The highest BCUT2D eigenvalue weighted by molar-refractivity contribution is 4.87. The molecule has 2 aliphatic rings. The van der Waals surface area contributed by atoms with Crippen molar-refractivity contribution in [2.45, 2.75) is 32.7 Å². The van der Waals surface area contributed by atoms with Crippen LogP contribution in [-0.2, 0) is 0 Å². The summed E-state index contributed by atoms with van der Waals surface area (Å²) in [4.78, 5) is 2.52. The monoisotopic (exact) mass is 196 g/mol. The number of likely N-dealkylation sites (N-methyl/N-ethyl adjacent to an activating group) is 1. The summed E-state index contributed by atoms with van der Waals surface area (Å²) in [5.41, 5.74) is 0. The largest absolute Gasteiger partial charge is 0.312 e. The van der Waals surface area contributed by atoms with Crippen LogP contribution in [0.3, 0.4) is 0 Å². The van der Waals surface area contributed by atoms with E-state index in [2.05, 4.69) is 31.1 Å². The first-order valence-corrected chi connectivity index (χ1v) is 6.08. The second-order valence-electron chi connectivity index (χ2n) is 5.52. The van der Waals surface area contributed by atoms with Crippen molar-refractivity contribution in [1.29, 1.82) is 0 Å². The molecule has 1 saturated heterocycles. The summed E-state index contributed by atoms with van der Waals surface area (Å²) in [7, 11) is 2.28. The van der Waals surface area contributed by atoms with Crippen LogP contribution >= 0.6 is 0 Å². The lowest BCUT2D eigenvalue weighted by atomic mass is 10.0. The van der Waals surface area contributed by atoms with Gasteiger partial charge in [-0.15, -0.1) is 0 Å². The van der Waals surface area contributed by atoms with Gasteiger partial charge in [0, 0.05) is 19.1 Å². The summed E-state index contributed by atoms with van der Waals surface area (Å²) in [6.45, 7) is 8.52. The molecule has 4 unspecified atom stereocenters. The van der Waals surface area contributed by atoms with Crippen molar-refractivity contribution < 1.29 is 0 Å². The Morgan fingerprint density at radius 1 is 1.21 bits per heavy atom. The molecule has 0 spiro atoms. The SMILES string of the molecule is CC1CC1CN(C)CC1NCCC1C. The molecule has 14 heavy (non-hydrogen) atoms. The van der Waals surface area contributed by atoms with Crippen molar-refractivity contribution in [3.05, 3.63) is 0 Å². The van der Waals surface area contributed by atoms with Gasteiger partial charge in [0.15, 0.2) is 0 Å². The predicted octanol–water partition coefficient (Wildman–Crippen LogP) is 1.57. The van der Waals surface area contributed by atoms with Gasteiger partial charge in [0.2, 0.25) is 0 Å². The summed E-state index contributed by atoms with van der Waals surface area (Å²) in [5.74, 6) is 2.86. The van der Waals surface area contributed by atoms with Gasteiger partial charge in [0.25, 0.3) is 0 Å². The van der Waals surface area contributed by atoms with E-state index in [-0.39, 0.29) is 0 Å². The zero-order chi connectivity index (χ0) is 10.1. The van der Waals surface area contributed by atoms with Crippen LogP contribution in [0.2, 0.25) is 0 Å². The maximum Gasteiger partial charge on any atom is 0.0220 e. The van der Waals surface area contributed by atoms with Crippen molar-refractivity contribution in [3.8, 4) is 0 Å². The second kappa shape index (κ2) is 4.19. The molecule has 2 nitrogen and oxygen atoms in total. The van der Waals surface area contributed by atoms with E-state index in [0.717, 1.165) is 23.8 Å². The van der Waals surface area contributed by atoms with Crippen LogP contribution in [0, 0.1) is 17.8 Å². The van der Waals surface area contributed by atoms with Gasteiger partial charge >= 0.3 is 0 Å². The lowest BCUT2D eigenvalue weighted by Crippen LogP contribution is -2.39. The van der Waals surface area contributed by atoms with Crippen LogP contribution in [0.1, 0.15) is 26.7 Å². The Kier molecular flexibility index (Phi) is 3.13. The Morgan fingerprint density at radius 2 is 1.93 bits per heavy atom. The smallest absolute Gasteiger partial charge is 0.0220 e. The lowest BCUT2D eigenvalue weighted by molar-refractivity contribution is 0.265. The van der Waals surface area contributed by atoms with Gasteiger partial charge in [-0.05, 0) is 44.2 Å². The fourth-order valence-corrected chi connectivity index (χ4v) is 2.61. The molecule has 2 fully saturated rings. The number of hydrogen-bond donors (Lipinski definition) is 1. The Morgan fingerprint density at radius 3 is 2.43 bits per heavy atom. The first-order chi connectivity index (χ1) is 6.66. The number of rotatable bonds is 4. The van der Waals surface area contributed by atoms with Crippen LogP contribution in [0.25, 0.3) is 0 Å². The average Bonchev–Trinajstić information content (AvgIpc) is 2.63. The van der Waals surface area contributed by atoms with E-state index in [0.29, 0.717) is 0 Å². The van der Waals surface area contributed by atoms with Gasteiger partial charge < -0.3 is 10.2 Å². The van der Waals surface area contributed by atoms with Crippen molar-refractivity contribution >= 4 is 0 Å². The van der Waals surface area contributed by atoms with E-state index in [1.165, 1.54) is 32.5 Å². The molecule has 1 aliphatic heterocycles. The van der Waals surface area contributed by atoms with Crippen molar-refractivity contribution in [2.75, 3.05) is 26.7 Å². The van der Waals surface area contributed by atoms with Crippen LogP contribution in [0.15, 0.2) is 0 Å². The highest BCUT2D eigenvalue weighted by atomic mass is 15.1. The Hall–Kier alpha value is -0.0800. The van der Waals surface area contributed by atoms with Crippen LogP contribution in [0.4, 0.5) is 0 Å². The van der Waals surface area contributed by atoms with Gasteiger partial charge in [-0.25, -0.2) is 0 Å². The fourth-order valence-electron chi connectivity index (χ4n) is 2.61. The summed E-state index contributed by atoms with van der Waals surface area (Å²) in [6.07, 6.45) is 2.82. The Balaban J connectivity index is 1.68. The van der Waals surface area contributed by atoms with Crippen LogP contribution in [-0.4, -0.2) is 37.6 Å². The molecule has 0 aromatic carbocycles. The summed E-state index contributed by atoms with van der Waals surface area (Å²) in [6, 6.07) is 0.744. The van der Waals surface area contributed by atoms with Gasteiger partial charge in [0.05, 0.1) is 0 Å². The van der Waals surface area contributed by atoms with Crippen molar-refractivity contribution in [3.63, 3.8) is 0 Å². The molecule has 4 atom stereocenters. The number of hydrogen-bond acceptors (Lipinski definition) is 2. The van der Waals surface area contributed by atoms with Gasteiger partial charge in [-0.3, -0.25) is 0 Å². The fraction of sp³-hybridized carbons (Fsp3) is 1.00. The number of nitrogens with zero attached hydrogens (tertiary/aromatic N) is 1. The molecule has 0 bridgehead atoms. The van der Waals surface area contributed by atoms with Crippen LogP contribution < -0.4 is 5.32 Å². The number of nitrogens with one attached hydrogen (secondary N) is 1. The van der Waals surface area contributed by atoms with Crippen LogP contribution in [0.5, 0.6) is 0 Å². The standard InChI is InChI=1S/C12H24N2/c1-9-4-5-13-12(9)8-14(3)7-11-6-10(11)2/h9-13H,4-8H2,1-3H3. The Labute approximate surface area is 88.1 Å². The third kappa shape index (κ3) is 2.48. The first kappa shape index (κ1) is 10.4. The van der Waals surface area contributed by atoms with E-state index < -0.39 is 0 Å². The zero-order valence-corrected chi connectivity index (χ0v) is 9.79.